The first kappa shape index (κ1) is 9.23. The Balaban J connectivity index is 2.98. The molecule has 1 nitrogen and oxygen atoms in total. The molecule has 0 rings (SSSR count). The lowest BCUT2D eigenvalue weighted by Gasteiger charge is -1.86. The fraction of sp³-hybridized carbons (Fsp3) is 0.667. The number of nitriles is 1. The number of unbranched alkanes of at least 4 members (excludes halogenated alkanes) is 3. The first-order valence-corrected chi connectivity index (χ1v) is 3.93. The van der Waals surface area contributed by atoms with Crippen molar-refractivity contribution in [1.29, 1.82) is 5.26 Å². The molecule has 0 radical (unpaired) electrons. The largest absolute Gasteiger partial charge is 0.198 e. The van der Waals surface area contributed by atoms with Gasteiger partial charge in [-0.3, -0.25) is 0 Å². The molecule has 0 N–H and O–H groups in total. The fourth-order valence-electron chi connectivity index (χ4n) is 0.706. The lowest BCUT2D eigenvalue weighted by atomic mass is 10.2. The number of hydrogen-bond donors (Lipinski definition) is 0. The normalized spacial score (nSPS) is 10.0. The number of allylic oxidation sites excluding steroid dienone is 2. The van der Waals surface area contributed by atoms with Crippen LogP contribution in [0.1, 0.15) is 39.0 Å². The minimum absolute atomic E-state index is 0.655. The highest BCUT2D eigenvalue weighted by Crippen LogP contribution is 1.96. The molecule has 0 aromatic carbocycles. The maximum atomic E-state index is 8.19. The van der Waals surface area contributed by atoms with Gasteiger partial charge >= 0.3 is 0 Å². The van der Waals surface area contributed by atoms with Gasteiger partial charge in [0.2, 0.25) is 0 Å². The van der Waals surface area contributed by atoms with Crippen molar-refractivity contribution < 1.29 is 0 Å². The highest BCUT2D eigenvalue weighted by atomic mass is 14.2. The second kappa shape index (κ2) is 8.23. The molecule has 0 aliphatic rings. The van der Waals surface area contributed by atoms with E-state index in [4.69, 9.17) is 5.26 Å². The monoisotopic (exact) mass is 137 g/mol. The highest BCUT2D eigenvalue weighted by Gasteiger charge is 1.78. The van der Waals surface area contributed by atoms with Crippen molar-refractivity contribution in [2.45, 2.75) is 39.0 Å². The molecule has 10 heavy (non-hydrogen) atoms. The van der Waals surface area contributed by atoms with Crippen LogP contribution in [-0.2, 0) is 0 Å². The van der Waals surface area contributed by atoms with E-state index in [0.29, 0.717) is 6.42 Å². The average Bonchev–Trinajstić information content (AvgIpc) is 1.97. The minimum Gasteiger partial charge on any atom is -0.198 e. The molecule has 0 amide bonds. The summed E-state index contributed by atoms with van der Waals surface area (Å²) in [6.07, 6.45) is 9.52. The van der Waals surface area contributed by atoms with Crippen LogP contribution < -0.4 is 0 Å². The van der Waals surface area contributed by atoms with Crippen molar-refractivity contribution in [2.24, 2.45) is 0 Å². The molecule has 0 fully saturated rings. The van der Waals surface area contributed by atoms with Gasteiger partial charge in [0.15, 0.2) is 0 Å². The third kappa shape index (κ3) is 7.23. The van der Waals surface area contributed by atoms with E-state index in [0.717, 1.165) is 6.42 Å². The maximum Gasteiger partial charge on any atom is 0.0624 e. The van der Waals surface area contributed by atoms with Crippen molar-refractivity contribution in [3.63, 3.8) is 0 Å². The van der Waals surface area contributed by atoms with E-state index in [2.05, 4.69) is 25.1 Å². The smallest absolute Gasteiger partial charge is 0.0624 e. The van der Waals surface area contributed by atoms with Gasteiger partial charge in [0.05, 0.1) is 6.07 Å². The molecule has 0 aliphatic carbocycles. The van der Waals surface area contributed by atoms with Crippen LogP contribution in [0.2, 0.25) is 0 Å². The zero-order chi connectivity index (χ0) is 7.66. The van der Waals surface area contributed by atoms with E-state index in [9.17, 15) is 0 Å². The molecule has 0 saturated carbocycles. The zero-order valence-electron chi connectivity index (χ0n) is 6.64. The van der Waals surface area contributed by atoms with Gasteiger partial charge in [-0.1, -0.05) is 31.9 Å². The molecule has 0 aromatic rings. The fourth-order valence-corrected chi connectivity index (χ4v) is 0.706. The standard InChI is InChI=1S/C9H15N/c1-2-3-4-5-6-7-8-9-10/h5-6H,2-4,7-8H2,1H3/b6-5-. The first-order valence-electron chi connectivity index (χ1n) is 3.93. The summed E-state index contributed by atoms with van der Waals surface area (Å²) in [5, 5.41) is 8.19. The summed E-state index contributed by atoms with van der Waals surface area (Å²) in [5.41, 5.74) is 0. The van der Waals surface area contributed by atoms with Gasteiger partial charge in [-0.25, -0.2) is 0 Å². The van der Waals surface area contributed by atoms with E-state index in [1.165, 1.54) is 19.3 Å². The van der Waals surface area contributed by atoms with Gasteiger partial charge in [0.1, 0.15) is 0 Å². The summed E-state index contributed by atoms with van der Waals surface area (Å²) in [6, 6.07) is 2.11. The number of hydrogen-bond acceptors (Lipinski definition) is 1. The van der Waals surface area contributed by atoms with Crippen LogP contribution in [0.4, 0.5) is 0 Å². The summed E-state index contributed by atoms with van der Waals surface area (Å²) >= 11 is 0. The van der Waals surface area contributed by atoms with E-state index in [1.54, 1.807) is 0 Å². The van der Waals surface area contributed by atoms with Gasteiger partial charge in [0, 0.05) is 6.42 Å². The van der Waals surface area contributed by atoms with Crippen LogP contribution in [-0.4, -0.2) is 0 Å². The van der Waals surface area contributed by atoms with Crippen molar-refractivity contribution in [3.8, 4) is 6.07 Å². The second-order valence-electron chi connectivity index (χ2n) is 2.31. The summed E-state index contributed by atoms with van der Waals surface area (Å²) in [6.45, 7) is 2.18. The third-order valence-electron chi connectivity index (χ3n) is 1.31. The van der Waals surface area contributed by atoms with Gasteiger partial charge in [0.25, 0.3) is 0 Å². The van der Waals surface area contributed by atoms with Crippen LogP contribution in [0.3, 0.4) is 0 Å². The Morgan fingerprint density at radius 1 is 1.30 bits per heavy atom. The first-order chi connectivity index (χ1) is 4.91. The molecule has 1 heteroatoms. The predicted octanol–water partition coefficient (Wildman–Crippen LogP) is 3.04. The Bertz CT molecular complexity index is 119. The molecule has 0 bridgehead atoms. The molecule has 0 unspecified atom stereocenters. The molecule has 0 spiro atoms. The highest BCUT2D eigenvalue weighted by molar-refractivity contribution is 4.85. The summed E-state index contributed by atoms with van der Waals surface area (Å²) in [5.74, 6) is 0. The Kier molecular flexibility index (Phi) is 7.60. The van der Waals surface area contributed by atoms with Crippen LogP contribution in [0.5, 0.6) is 0 Å². The predicted molar refractivity (Wildman–Crippen MR) is 43.5 cm³/mol. The van der Waals surface area contributed by atoms with E-state index >= 15 is 0 Å². The van der Waals surface area contributed by atoms with Gasteiger partial charge in [-0.15, -0.1) is 0 Å². The van der Waals surface area contributed by atoms with Gasteiger partial charge in [-0.05, 0) is 12.8 Å². The quantitative estimate of drug-likeness (QED) is 0.422. The Morgan fingerprint density at radius 3 is 2.60 bits per heavy atom. The van der Waals surface area contributed by atoms with Crippen LogP contribution in [0, 0.1) is 11.3 Å². The molecular formula is C9H15N. The summed E-state index contributed by atoms with van der Waals surface area (Å²) in [7, 11) is 0. The number of nitrogens with zero attached hydrogens (tertiary/aromatic N) is 1. The van der Waals surface area contributed by atoms with Gasteiger partial charge in [-0.2, -0.15) is 5.26 Å². The third-order valence-corrected chi connectivity index (χ3v) is 1.31. The van der Waals surface area contributed by atoms with Crippen LogP contribution in [0.25, 0.3) is 0 Å². The molecule has 0 heterocycles. The lowest BCUT2D eigenvalue weighted by Crippen LogP contribution is -1.67. The van der Waals surface area contributed by atoms with E-state index in [-0.39, 0.29) is 0 Å². The van der Waals surface area contributed by atoms with Crippen LogP contribution in [0.15, 0.2) is 12.2 Å². The average molecular weight is 137 g/mol. The van der Waals surface area contributed by atoms with Gasteiger partial charge < -0.3 is 0 Å². The van der Waals surface area contributed by atoms with Crippen molar-refractivity contribution in [2.75, 3.05) is 0 Å². The second-order valence-corrected chi connectivity index (χ2v) is 2.31. The Hall–Kier alpha value is -0.770. The number of rotatable bonds is 5. The summed E-state index contributed by atoms with van der Waals surface area (Å²) in [4.78, 5) is 0. The Morgan fingerprint density at radius 2 is 2.00 bits per heavy atom. The molecule has 56 valence electrons. The minimum atomic E-state index is 0.655. The molecule has 0 saturated heterocycles. The molecule has 0 aromatic heterocycles. The molecular weight excluding hydrogens is 122 g/mol. The summed E-state index contributed by atoms with van der Waals surface area (Å²) < 4.78 is 0. The lowest BCUT2D eigenvalue weighted by molar-refractivity contribution is 0.811. The van der Waals surface area contributed by atoms with Crippen LogP contribution >= 0.6 is 0 Å². The zero-order valence-corrected chi connectivity index (χ0v) is 6.64. The Labute approximate surface area is 63.4 Å². The molecule has 0 aliphatic heterocycles. The maximum absolute atomic E-state index is 8.19. The van der Waals surface area contributed by atoms with Crippen molar-refractivity contribution in [3.05, 3.63) is 12.2 Å². The van der Waals surface area contributed by atoms with E-state index < -0.39 is 0 Å². The topological polar surface area (TPSA) is 23.8 Å². The SMILES string of the molecule is CCCC/C=C\CCC#N. The van der Waals surface area contributed by atoms with E-state index in [1.807, 2.05) is 0 Å². The molecule has 0 atom stereocenters. The van der Waals surface area contributed by atoms with Crippen molar-refractivity contribution >= 4 is 0 Å². The van der Waals surface area contributed by atoms with Crippen molar-refractivity contribution in [1.82, 2.24) is 0 Å².